The van der Waals surface area contributed by atoms with Crippen molar-refractivity contribution in [2.45, 2.75) is 44.4 Å². The normalized spacial score (nSPS) is 15.7. The van der Waals surface area contributed by atoms with Crippen molar-refractivity contribution in [2.75, 3.05) is 12.1 Å². The minimum Gasteiger partial charge on any atom is -0.454 e. The number of hydrogen-bond donors (Lipinski definition) is 1. The summed E-state index contributed by atoms with van der Waals surface area (Å²) in [6, 6.07) is 16.9. The number of fused-ring (bicyclic) bond motifs is 1. The van der Waals surface area contributed by atoms with E-state index in [9.17, 15) is 18.0 Å². The lowest BCUT2D eigenvalue weighted by molar-refractivity contribution is -0.274. The molecule has 5 rings (SSSR count). The number of nitrogens with one attached hydrogen (secondary N) is 1. The Kier molecular flexibility index (Phi) is 5.62. The van der Waals surface area contributed by atoms with Crippen LogP contribution in [0.3, 0.4) is 0 Å². The van der Waals surface area contributed by atoms with Gasteiger partial charge in [-0.05, 0) is 65.8 Å². The maximum atomic E-state index is 13.3. The first-order valence-electron chi connectivity index (χ1n) is 11.4. The molecular weight excluding hydrogens is 459 g/mol. The van der Waals surface area contributed by atoms with E-state index in [0.29, 0.717) is 35.6 Å². The highest BCUT2D eigenvalue weighted by molar-refractivity contribution is 6.02. The molecule has 3 aromatic carbocycles. The number of amides is 1. The maximum absolute atomic E-state index is 13.3. The first-order valence-corrected chi connectivity index (χ1v) is 11.4. The summed E-state index contributed by atoms with van der Waals surface area (Å²) in [5.41, 5.74) is 2.26. The third kappa shape index (κ3) is 4.52. The molecule has 35 heavy (non-hydrogen) atoms. The van der Waals surface area contributed by atoms with Crippen molar-refractivity contribution in [3.63, 3.8) is 0 Å². The zero-order valence-corrected chi connectivity index (χ0v) is 19.2. The van der Waals surface area contributed by atoms with E-state index in [1.165, 1.54) is 18.2 Å². The zero-order chi connectivity index (χ0) is 24.8. The molecule has 0 bridgehead atoms. The van der Waals surface area contributed by atoms with E-state index in [0.717, 1.165) is 11.1 Å². The number of carbonyl (C=O) groups is 1. The van der Waals surface area contributed by atoms with E-state index in [-0.39, 0.29) is 29.9 Å². The Bertz CT molecular complexity index is 1280. The van der Waals surface area contributed by atoms with Crippen LogP contribution in [0.4, 0.5) is 18.9 Å². The molecule has 0 radical (unpaired) electrons. The molecule has 0 unspecified atom stereocenters. The van der Waals surface area contributed by atoms with E-state index in [4.69, 9.17) is 9.47 Å². The molecule has 1 amide bonds. The summed E-state index contributed by atoms with van der Waals surface area (Å²) in [4.78, 5) is 13.3. The third-order valence-electron chi connectivity index (χ3n) is 6.45. The highest BCUT2D eigenvalue weighted by Crippen LogP contribution is 2.51. The van der Waals surface area contributed by atoms with Crippen LogP contribution in [-0.2, 0) is 10.2 Å². The molecule has 1 aliphatic carbocycles. The van der Waals surface area contributed by atoms with Gasteiger partial charge >= 0.3 is 6.36 Å². The number of carbonyl (C=O) groups excluding carboxylic acids is 1. The van der Waals surface area contributed by atoms with Crippen molar-refractivity contribution >= 4 is 11.6 Å². The van der Waals surface area contributed by atoms with E-state index in [1.54, 1.807) is 18.2 Å². The van der Waals surface area contributed by atoms with Crippen molar-refractivity contribution in [1.82, 2.24) is 0 Å². The van der Waals surface area contributed by atoms with Gasteiger partial charge in [-0.2, -0.15) is 0 Å². The van der Waals surface area contributed by atoms with Gasteiger partial charge in [-0.3, -0.25) is 4.79 Å². The van der Waals surface area contributed by atoms with E-state index in [1.807, 2.05) is 38.1 Å². The molecule has 1 aliphatic heterocycles. The number of hydrogen-bond acceptors (Lipinski definition) is 4. The van der Waals surface area contributed by atoms with Crippen molar-refractivity contribution in [2.24, 2.45) is 0 Å². The second-order valence-corrected chi connectivity index (χ2v) is 9.10. The summed E-state index contributed by atoms with van der Waals surface area (Å²) in [6.45, 7) is 4.08. The van der Waals surface area contributed by atoms with Crippen LogP contribution in [0.15, 0.2) is 60.7 Å². The molecule has 3 aromatic rings. The summed E-state index contributed by atoms with van der Waals surface area (Å²) < 4.78 is 54.6. The number of alkyl halides is 3. The largest absolute Gasteiger partial charge is 0.573 e. The fourth-order valence-corrected chi connectivity index (χ4v) is 4.49. The van der Waals surface area contributed by atoms with E-state index < -0.39 is 11.8 Å². The Hall–Kier alpha value is -3.68. The minimum absolute atomic E-state index is 0.0731. The Morgan fingerprint density at radius 2 is 1.71 bits per heavy atom. The van der Waals surface area contributed by atoms with Gasteiger partial charge in [-0.15, -0.1) is 13.2 Å². The molecule has 0 spiro atoms. The molecule has 1 fully saturated rings. The smallest absolute Gasteiger partial charge is 0.454 e. The number of ether oxygens (including phenoxy) is 3. The predicted molar refractivity (Wildman–Crippen MR) is 125 cm³/mol. The number of rotatable bonds is 6. The van der Waals surface area contributed by atoms with Gasteiger partial charge < -0.3 is 19.5 Å². The summed E-state index contributed by atoms with van der Waals surface area (Å²) >= 11 is 0. The van der Waals surface area contributed by atoms with Gasteiger partial charge in [0, 0.05) is 11.3 Å². The molecular formula is C27H24F3NO4. The fraction of sp³-hybridized carbons (Fsp3) is 0.296. The van der Waals surface area contributed by atoms with Crippen LogP contribution in [0.5, 0.6) is 17.2 Å². The van der Waals surface area contributed by atoms with Crippen LogP contribution in [0.2, 0.25) is 0 Å². The maximum Gasteiger partial charge on any atom is 0.573 e. The summed E-state index contributed by atoms with van der Waals surface area (Å²) in [7, 11) is 0. The average Bonchev–Trinajstić information content (AvgIpc) is 3.50. The molecule has 2 aliphatic rings. The number of anilines is 1. The van der Waals surface area contributed by atoms with Crippen LogP contribution < -0.4 is 19.5 Å². The van der Waals surface area contributed by atoms with Gasteiger partial charge in [0.2, 0.25) is 12.7 Å². The van der Waals surface area contributed by atoms with Crippen molar-refractivity contribution in [3.05, 3.63) is 71.8 Å². The molecule has 5 nitrogen and oxygen atoms in total. The average molecular weight is 483 g/mol. The lowest BCUT2D eigenvalue weighted by Gasteiger charge is -2.20. The van der Waals surface area contributed by atoms with Gasteiger partial charge in [0.05, 0.1) is 5.41 Å². The van der Waals surface area contributed by atoms with Crippen LogP contribution in [0.25, 0.3) is 11.1 Å². The van der Waals surface area contributed by atoms with Crippen LogP contribution >= 0.6 is 0 Å². The topological polar surface area (TPSA) is 56.8 Å². The SMILES string of the molecule is CC(C)c1ccccc1-c1cc(NC(=O)C2(c3ccc4c(c3)OCO4)CC2)ccc1OC(F)(F)F. The van der Waals surface area contributed by atoms with Crippen molar-refractivity contribution < 1.29 is 32.2 Å². The Labute approximate surface area is 200 Å². The molecule has 0 saturated heterocycles. The van der Waals surface area contributed by atoms with Gasteiger partial charge in [0.25, 0.3) is 0 Å². The second-order valence-electron chi connectivity index (χ2n) is 9.10. The molecule has 8 heteroatoms. The summed E-state index contributed by atoms with van der Waals surface area (Å²) in [6.07, 6.45) is -3.52. The lowest BCUT2D eigenvalue weighted by Crippen LogP contribution is -2.27. The van der Waals surface area contributed by atoms with Crippen molar-refractivity contribution in [1.29, 1.82) is 0 Å². The molecule has 182 valence electrons. The number of halogens is 3. The quantitative estimate of drug-likeness (QED) is 0.420. The Balaban J connectivity index is 1.48. The first-order chi connectivity index (χ1) is 16.7. The zero-order valence-electron chi connectivity index (χ0n) is 19.2. The third-order valence-corrected chi connectivity index (χ3v) is 6.45. The lowest BCUT2D eigenvalue weighted by atomic mass is 9.91. The summed E-state index contributed by atoms with van der Waals surface area (Å²) in [5.74, 6) is 0.773. The van der Waals surface area contributed by atoms with Gasteiger partial charge in [-0.1, -0.05) is 44.2 Å². The Morgan fingerprint density at radius 3 is 2.43 bits per heavy atom. The standard InChI is InChI=1S/C27H24F3NO4/c1-16(2)19-5-3-4-6-20(19)21-14-18(8-10-22(21)35-27(28,29)30)31-25(32)26(11-12-26)17-7-9-23-24(13-17)34-15-33-23/h3-10,13-14,16H,11-12,15H2,1-2H3,(H,31,32). The first kappa shape index (κ1) is 23.1. The molecule has 1 heterocycles. The van der Waals surface area contributed by atoms with Crippen LogP contribution in [0, 0.1) is 0 Å². The second kappa shape index (κ2) is 8.52. The van der Waals surface area contributed by atoms with Gasteiger partial charge in [-0.25, -0.2) is 0 Å². The highest BCUT2D eigenvalue weighted by Gasteiger charge is 2.51. The monoisotopic (exact) mass is 483 g/mol. The summed E-state index contributed by atoms with van der Waals surface area (Å²) in [5, 5.41) is 2.91. The molecule has 0 atom stereocenters. The molecule has 1 saturated carbocycles. The molecule has 0 aromatic heterocycles. The minimum atomic E-state index is -4.84. The van der Waals surface area contributed by atoms with E-state index >= 15 is 0 Å². The van der Waals surface area contributed by atoms with Crippen LogP contribution in [0.1, 0.15) is 43.7 Å². The Morgan fingerprint density at radius 1 is 0.971 bits per heavy atom. The van der Waals surface area contributed by atoms with Gasteiger partial charge in [0.15, 0.2) is 11.5 Å². The predicted octanol–water partition coefficient (Wildman–Crippen LogP) is 6.77. The van der Waals surface area contributed by atoms with Crippen molar-refractivity contribution in [3.8, 4) is 28.4 Å². The van der Waals surface area contributed by atoms with Gasteiger partial charge in [0.1, 0.15) is 5.75 Å². The number of benzene rings is 3. The highest BCUT2D eigenvalue weighted by atomic mass is 19.4. The van der Waals surface area contributed by atoms with Crippen LogP contribution in [-0.4, -0.2) is 19.1 Å². The van der Waals surface area contributed by atoms with E-state index in [2.05, 4.69) is 10.1 Å². The molecule has 1 N–H and O–H groups in total. The fourth-order valence-electron chi connectivity index (χ4n) is 4.49.